The quantitative estimate of drug-likeness (QED) is 0.696. The van der Waals surface area contributed by atoms with Gasteiger partial charge in [-0.2, -0.15) is 0 Å². The number of nitrogens with zero attached hydrogens (tertiary/aromatic N) is 2. The van der Waals surface area contributed by atoms with Gasteiger partial charge in [0.15, 0.2) is 0 Å². The summed E-state index contributed by atoms with van der Waals surface area (Å²) in [5, 5.41) is 0. The fourth-order valence-electron chi connectivity index (χ4n) is 3.15. The van der Waals surface area contributed by atoms with Crippen molar-refractivity contribution < 1.29 is 0 Å². The lowest BCUT2D eigenvalue weighted by atomic mass is 10.1. The van der Waals surface area contributed by atoms with Crippen molar-refractivity contribution in [1.82, 2.24) is 9.13 Å². The van der Waals surface area contributed by atoms with Gasteiger partial charge in [0.2, 0.25) is 0 Å². The molecule has 0 N–H and O–H groups in total. The number of hydrogen-bond acceptors (Lipinski definition) is 2. The van der Waals surface area contributed by atoms with E-state index >= 15 is 0 Å². The van der Waals surface area contributed by atoms with E-state index in [-0.39, 0.29) is 19.4 Å². The van der Waals surface area contributed by atoms with Crippen molar-refractivity contribution >= 4 is 19.4 Å². The van der Waals surface area contributed by atoms with Crippen LogP contribution in [0.1, 0.15) is 69.2 Å². The Labute approximate surface area is 127 Å². The Morgan fingerprint density at radius 3 is 1.11 bits per heavy atom. The van der Waals surface area contributed by atoms with E-state index in [4.69, 9.17) is 0 Å². The zero-order chi connectivity index (χ0) is 15.4. The Morgan fingerprint density at radius 1 is 0.684 bits per heavy atom. The second kappa shape index (κ2) is 7.39. The van der Waals surface area contributed by atoms with Crippen molar-refractivity contribution in [2.45, 2.75) is 98.1 Å². The molecule has 0 fully saturated rings. The minimum Gasteiger partial charge on any atom is -0.323 e. The van der Waals surface area contributed by atoms with Gasteiger partial charge in [-0.15, -0.1) is 0 Å². The monoisotopic (exact) mass is 302 g/mol. The van der Waals surface area contributed by atoms with Crippen LogP contribution in [0.3, 0.4) is 0 Å². The minimum atomic E-state index is -0.106. The van der Waals surface area contributed by atoms with Gasteiger partial charge in [-0.25, -0.2) is 0 Å². The van der Waals surface area contributed by atoms with Gasteiger partial charge in [0.25, 0.3) is 0 Å². The van der Waals surface area contributed by atoms with Crippen LogP contribution in [0.5, 0.6) is 0 Å². The predicted molar refractivity (Wildman–Crippen MR) is 95.4 cm³/mol. The summed E-state index contributed by atoms with van der Waals surface area (Å²) in [6.07, 6.45) is 0. The summed E-state index contributed by atoms with van der Waals surface area (Å²) in [5.41, 5.74) is 2.21. The van der Waals surface area contributed by atoms with Crippen molar-refractivity contribution in [2.75, 3.05) is 0 Å². The topological polar surface area (TPSA) is 6.48 Å². The van der Waals surface area contributed by atoms with Gasteiger partial charge in [0.1, 0.15) is 0 Å². The Bertz CT molecular complexity index is 226. The standard InChI is InChI=1S/C15H38N2Si2/c1-12(2)16(14(5,6)7)18-11-19-17(13(3)4)15(8,9)10/h12-13H,11,18-19H2,1-10H3. The largest absolute Gasteiger partial charge is 0.323 e. The molecule has 2 nitrogen and oxygen atoms in total. The van der Waals surface area contributed by atoms with Crippen LogP contribution in [0.4, 0.5) is 0 Å². The molecule has 0 aliphatic heterocycles. The van der Waals surface area contributed by atoms with Crippen LogP contribution in [-0.2, 0) is 0 Å². The van der Waals surface area contributed by atoms with Crippen LogP contribution in [0, 0.1) is 0 Å². The number of rotatable bonds is 6. The average Bonchev–Trinajstić information content (AvgIpc) is 2.11. The third kappa shape index (κ3) is 7.07. The number of hydrogen-bond donors (Lipinski definition) is 0. The Morgan fingerprint density at radius 2 is 0.947 bits per heavy atom. The molecule has 0 unspecified atom stereocenters. The molecule has 0 radical (unpaired) electrons. The molecular formula is C15H38N2Si2. The van der Waals surface area contributed by atoms with Crippen LogP contribution in [-0.4, -0.2) is 51.7 Å². The van der Waals surface area contributed by atoms with Crippen molar-refractivity contribution in [1.29, 1.82) is 0 Å². The Kier molecular flexibility index (Phi) is 7.52. The molecule has 0 aromatic rings. The maximum absolute atomic E-state index is 2.78. The van der Waals surface area contributed by atoms with E-state index in [1.54, 1.807) is 0 Å². The van der Waals surface area contributed by atoms with Crippen LogP contribution in [0.2, 0.25) is 5.67 Å². The lowest BCUT2D eigenvalue weighted by Gasteiger charge is -2.42. The molecular weight excluding hydrogens is 264 g/mol. The van der Waals surface area contributed by atoms with Crippen LogP contribution >= 0.6 is 0 Å². The third-order valence-electron chi connectivity index (χ3n) is 3.77. The van der Waals surface area contributed by atoms with Crippen molar-refractivity contribution in [3.8, 4) is 0 Å². The molecule has 0 atom stereocenters. The molecule has 0 bridgehead atoms. The zero-order valence-electron chi connectivity index (χ0n) is 15.2. The lowest BCUT2D eigenvalue weighted by molar-refractivity contribution is 0.207. The van der Waals surface area contributed by atoms with Crippen molar-refractivity contribution in [3.05, 3.63) is 0 Å². The predicted octanol–water partition coefficient (Wildman–Crippen LogP) is 2.55. The fourth-order valence-corrected chi connectivity index (χ4v) is 8.81. The third-order valence-corrected chi connectivity index (χ3v) is 10.6. The van der Waals surface area contributed by atoms with Gasteiger partial charge < -0.3 is 9.13 Å². The van der Waals surface area contributed by atoms with Gasteiger partial charge in [-0.3, -0.25) is 0 Å². The van der Waals surface area contributed by atoms with Crippen molar-refractivity contribution in [2.24, 2.45) is 0 Å². The SMILES string of the molecule is CC(C)N([SiH2]C[SiH2]N(C(C)C)C(C)(C)C)C(C)(C)C. The van der Waals surface area contributed by atoms with E-state index in [0.717, 1.165) is 0 Å². The maximum Gasteiger partial charge on any atom is 0.0941 e. The van der Waals surface area contributed by atoms with E-state index in [2.05, 4.69) is 78.4 Å². The molecule has 0 spiro atoms. The van der Waals surface area contributed by atoms with E-state index in [0.29, 0.717) is 23.2 Å². The summed E-state index contributed by atoms with van der Waals surface area (Å²) >= 11 is 0. The smallest absolute Gasteiger partial charge is 0.0941 e. The lowest BCUT2D eigenvalue weighted by Crippen LogP contribution is -2.52. The van der Waals surface area contributed by atoms with Gasteiger partial charge >= 0.3 is 0 Å². The first-order valence-electron chi connectivity index (χ1n) is 7.91. The molecule has 0 heterocycles. The average molecular weight is 303 g/mol. The minimum absolute atomic E-state index is 0.106. The molecule has 0 saturated heterocycles. The summed E-state index contributed by atoms with van der Waals surface area (Å²) in [6.45, 7) is 23.6. The van der Waals surface area contributed by atoms with Crippen LogP contribution < -0.4 is 0 Å². The van der Waals surface area contributed by atoms with E-state index in [1.807, 2.05) is 0 Å². The van der Waals surface area contributed by atoms with E-state index in [1.165, 1.54) is 5.67 Å². The van der Waals surface area contributed by atoms with Gasteiger partial charge in [-0.1, -0.05) is 27.7 Å². The van der Waals surface area contributed by atoms with Crippen LogP contribution in [0.25, 0.3) is 0 Å². The first kappa shape index (κ1) is 19.4. The molecule has 4 heteroatoms. The van der Waals surface area contributed by atoms with Crippen LogP contribution in [0.15, 0.2) is 0 Å². The van der Waals surface area contributed by atoms with Gasteiger partial charge in [0, 0.05) is 11.1 Å². The molecule has 116 valence electrons. The first-order valence-corrected chi connectivity index (χ1v) is 11.2. The highest BCUT2D eigenvalue weighted by molar-refractivity contribution is 6.53. The Balaban J connectivity index is 4.47. The molecule has 19 heavy (non-hydrogen) atoms. The molecule has 0 amide bonds. The summed E-state index contributed by atoms with van der Waals surface area (Å²) < 4.78 is 5.56. The van der Waals surface area contributed by atoms with E-state index < -0.39 is 0 Å². The maximum atomic E-state index is 2.78. The molecule has 0 saturated carbocycles. The molecule has 0 aromatic heterocycles. The highest BCUT2D eigenvalue weighted by atomic mass is 28.3. The van der Waals surface area contributed by atoms with E-state index in [9.17, 15) is 0 Å². The first-order chi connectivity index (χ1) is 8.37. The second-order valence-corrected chi connectivity index (χ2v) is 13.4. The highest BCUT2D eigenvalue weighted by Gasteiger charge is 2.26. The molecule has 0 aliphatic carbocycles. The highest BCUT2D eigenvalue weighted by Crippen LogP contribution is 2.18. The zero-order valence-corrected chi connectivity index (χ0v) is 18.0. The summed E-state index contributed by atoms with van der Waals surface area (Å²) in [6, 6.07) is 1.39. The van der Waals surface area contributed by atoms with Crippen molar-refractivity contribution in [3.63, 3.8) is 0 Å². The Hall–Kier alpha value is 0.354. The molecule has 0 rings (SSSR count). The summed E-state index contributed by atoms with van der Waals surface area (Å²) in [7, 11) is -0.211. The fraction of sp³-hybridized carbons (Fsp3) is 1.00. The normalized spacial score (nSPS) is 15.5. The molecule has 0 aromatic carbocycles. The summed E-state index contributed by atoms with van der Waals surface area (Å²) in [5.74, 6) is 0. The van der Waals surface area contributed by atoms with Gasteiger partial charge in [0.05, 0.1) is 19.4 Å². The molecule has 0 aliphatic rings. The summed E-state index contributed by atoms with van der Waals surface area (Å²) in [4.78, 5) is 0. The second-order valence-electron chi connectivity index (χ2n) is 8.27. The van der Waals surface area contributed by atoms with Gasteiger partial charge in [-0.05, 0) is 59.3 Å².